The molecule has 32 heavy (non-hydrogen) atoms. The molecule has 2 aliphatic rings. The Morgan fingerprint density at radius 3 is 2.84 bits per heavy atom. The van der Waals surface area contributed by atoms with Crippen molar-refractivity contribution in [3.05, 3.63) is 24.2 Å². The SMILES string of the molecule is COC(=O)OC[C@H]1O[C@@](C#N)(c2ccc3c(/N=C\N(C)C)ncnn23)[C@@H]2OC(C)(C)O[C@@H]21. The highest BCUT2D eigenvalue weighted by Gasteiger charge is 2.65. The van der Waals surface area contributed by atoms with Gasteiger partial charge in [0.05, 0.1) is 19.1 Å². The third-order valence-electron chi connectivity index (χ3n) is 5.15. The predicted molar refractivity (Wildman–Crippen MR) is 109 cm³/mol. The summed E-state index contributed by atoms with van der Waals surface area (Å²) in [6, 6.07) is 5.73. The molecule has 2 aromatic rings. The highest BCUT2D eigenvalue weighted by molar-refractivity contribution is 5.71. The maximum Gasteiger partial charge on any atom is 0.508 e. The average molecular weight is 444 g/mol. The molecule has 0 N–H and O–H groups in total. The van der Waals surface area contributed by atoms with E-state index in [1.165, 1.54) is 13.4 Å². The Kier molecular flexibility index (Phi) is 5.49. The lowest BCUT2D eigenvalue weighted by Gasteiger charge is -2.28. The molecule has 0 spiro atoms. The van der Waals surface area contributed by atoms with Crippen LogP contribution in [0.3, 0.4) is 0 Å². The van der Waals surface area contributed by atoms with Crippen molar-refractivity contribution >= 4 is 23.8 Å². The van der Waals surface area contributed by atoms with Gasteiger partial charge in [-0.3, -0.25) is 0 Å². The van der Waals surface area contributed by atoms with Gasteiger partial charge in [0.25, 0.3) is 0 Å². The Morgan fingerprint density at radius 2 is 2.16 bits per heavy atom. The molecule has 4 rings (SSSR count). The maximum atomic E-state index is 11.5. The van der Waals surface area contributed by atoms with Crippen LogP contribution in [0.15, 0.2) is 23.5 Å². The molecular formula is C20H24N6O6. The molecule has 2 saturated heterocycles. The van der Waals surface area contributed by atoms with E-state index in [0.29, 0.717) is 17.0 Å². The zero-order valence-electron chi connectivity index (χ0n) is 18.4. The van der Waals surface area contributed by atoms with Crippen molar-refractivity contribution in [2.45, 2.75) is 43.5 Å². The third kappa shape index (κ3) is 3.64. The van der Waals surface area contributed by atoms with E-state index in [0.717, 1.165) is 0 Å². The maximum absolute atomic E-state index is 11.5. The summed E-state index contributed by atoms with van der Waals surface area (Å²) in [5, 5.41) is 14.6. The number of hydrogen-bond acceptors (Lipinski definition) is 10. The van der Waals surface area contributed by atoms with E-state index in [9.17, 15) is 10.1 Å². The Hall–Kier alpha value is -3.27. The molecule has 0 saturated carbocycles. The largest absolute Gasteiger partial charge is 0.508 e. The molecule has 12 nitrogen and oxygen atoms in total. The van der Waals surface area contributed by atoms with E-state index >= 15 is 0 Å². The van der Waals surface area contributed by atoms with E-state index < -0.39 is 35.9 Å². The van der Waals surface area contributed by atoms with Crippen LogP contribution in [0.2, 0.25) is 0 Å². The number of nitrogens with zero attached hydrogens (tertiary/aromatic N) is 6. The number of rotatable bonds is 5. The lowest BCUT2D eigenvalue weighted by atomic mass is 9.92. The van der Waals surface area contributed by atoms with E-state index in [-0.39, 0.29) is 6.61 Å². The highest BCUT2D eigenvalue weighted by atomic mass is 16.8. The molecular weight excluding hydrogens is 420 g/mol. The number of carbonyl (C=O) groups excluding carboxylic acids is 1. The number of aromatic nitrogens is 3. The Labute approximate surface area is 184 Å². The standard InChI is InChI=1S/C20H24N6O6/c1-19(2)31-15-13(8-29-18(27)28-5)30-20(9-21,16(15)32-19)14-7-6-12-17(23-11-25(3)4)22-10-24-26(12)14/h6-7,10-11,13,15-16H,8H2,1-5H3/b23-11-/t13-,15-,16-,20+/m1/s1. The topological polar surface area (TPSA) is 133 Å². The van der Waals surface area contributed by atoms with E-state index in [4.69, 9.17) is 18.9 Å². The number of carbonyl (C=O) groups is 1. The Balaban J connectivity index is 1.77. The number of hydrogen-bond donors (Lipinski definition) is 0. The molecule has 0 unspecified atom stereocenters. The second kappa shape index (κ2) is 8.01. The summed E-state index contributed by atoms with van der Waals surface area (Å²) in [4.78, 5) is 21.9. The quantitative estimate of drug-likeness (QED) is 0.378. The van der Waals surface area contributed by atoms with Crippen LogP contribution in [0.4, 0.5) is 10.6 Å². The lowest BCUT2D eigenvalue weighted by Crippen LogP contribution is -2.40. The minimum Gasteiger partial charge on any atom is -0.438 e. The predicted octanol–water partition coefficient (Wildman–Crippen LogP) is 1.37. The average Bonchev–Trinajstić information content (AvgIpc) is 3.41. The third-order valence-corrected chi connectivity index (χ3v) is 5.15. The van der Waals surface area contributed by atoms with E-state index in [2.05, 4.69) is 25.9 Å². The molecule has 0 aliphatic carbocycles. The number of methoxy groups -OCH3 is 1. The fraction of sp³-hybridized carbons (Fsp3) is 0.550. The second-order valence-corrected chi connectivity index (χ2v) is 8.10. The first-order valence-corrected chi connectivity index (χ1v) is 9.90. The van der Waals surface area contributed by atoms with Crippen LogP contribution in [-0.4, -0.2) is 83.9 Å². The van der Waals surface area contributed by atoms with Gasteiger partial charge in [-0.15, -0.1) is 0 Å². The van der Waals surface area contributed by atoms with Gasteiger partial charge >= 0.3 is 6.16 Å². The van der Waals surface area contributed by atoms with Gasteiger partial charge in [-0.2, -0.15) is 10.4 Å². The molecule has 2 aromatic heterocycles. The van der Waals surface area contributed by atoms with Gasteiger partial charge in [-0.05, 0) is 26.0 Å². The van der Waals surface area contributed by atoms with Crippen LogP contribution in [0.1, 0.15) is 19.5 Å². The van der Waals surface area contributed by atoms with E-state index in [1.807, 2.05) is 14.1 Å². The second-order valence-electron chi connectivity index (χ2n) is 8.10. The molecule has 0 radical (unpaired) electrons. The van der Waals surface area contributed by atoms with Gasteiger partial charge in [0.15, 0.2) is 11.6 Å². The van der Waals surface area contributed by atoms with Crippen molar-refractivity contribution in [1.29, 1.82) is 5.26 Å². The zero-order valence-corrected chi connectivity index (χ0v) is 18.4. The first kappa shape index (κ1) is 21.9. The Bertz CT molecular complexity index is 1090. The zero-order chi connectivity index (χ0) is 23.1. The van der Waals surface area contributed by atoms with Crippen LogP contribution in [0, 0.1) is 11.3 Å². The minimum absolute atomic E-state index is 0.173. The molecule has 12 heteroatoms. The molecule has 2 aliphatic heterocycles. The van der Waals surface area contributed by atoms with Gasteiger partial charge in [-0.1, -0.05) is 0 Å². The molecule has 0 amide bonds. The minimum atomic E-state index is -1.58. The van der Waals surface area contributed by atoms with Crippen molar-refractivity contribution in [3.8, 4) is 6.07 Å². The summed E-state index contributed by atoms with van der Waals surface area (Å²) in [6.07, 6.45) is -0.109. The fourth-order valence-corrected chi connectivity index (χ4v) is 3.91. The van der Waals surface area contributed by atoms with Gasteiger partial charge < -0.3 is 28.6 Å². The summed E-state index contributed by atoms with van der Waals surface area (Å²) >= 11 is 0. The number of nitriles is 1. The number of aliphatic imine (C=N–C) groups is 1. The Morgan fingerprint density at radius 1 is 1.38 bits per heavy atom. The molecule has 170 valence electrons. The summed E-state index contributed by atoms with van der Waals surface area (Å²) < 4.78 is 29.4. The van der Waals surface area contributed by atoms with Crippen LogP contribution < -0.4 is 0 Å². The van der Waals surface area contributed by atoms with Gasteiger partial charge in [0.2, 0.25) is 5.60 Å². The van der Waals surface area contributed by atoms with Crippen molar-refractivity contribution in [1.82, 2.24) is 19.5 Å². The van der Waals surface area contributed by atoms with Gasteiger partial charge in [0.1, 0.15) is 42.8 Å². The van der Waals surface area contributed by atoms with Crippen LogP contribution in [0.5, 0.6) is 0 Å². The molecule has 0 bridgehead atoms. The number of ether oxygens (including phenoxy) is 5. The lowest BCUT2D eigenvalue weighted by molar-refractivity contribution is -0.205. The molecule has 2 fully saturated rings. The number of fused-ring (bicyclic) bond motifs is 2. The van der Waals surface area contributed by atoms with Crippen molar-refractivity contribution in [2.75, 3.05) is 27.8 Å². The van der Waals surface area contributed by atoms with Crippen molar-refractivity contribution in [3.63, 3.8) is 0 Å². The monoisotopic (exact) mass is 444 g/mol. The summed E-state index contributed by atoms with van der Waals surface area (Å²) in [6.45, 7) is 3.32. The van der Waals surface area contributed by atoms with Crippen molar-refractivity contribution < 1.29 is 28.5 Å². The van der Waals surface area contributed by atoms with Crippen LogP contribution >= 0.6 is 0 Å². The summed E-state index contributed by atoms with van der Waals surface area (Å²) in [7, 11) is 4.90. The first-order valence-electron chi connectivity index (χ1n) is 9.90. The van der Waals surface area contributed by atoms with Crippen molar-refractivity contribution in [2.24, 2.45) is 4.99 Å². The summed E-state index contributed by atoms with van der Waals surface area (Å²) in [5.74, 6) is -0.536. The van der Waals surface area contributed by atoms with E-state index in [1.54, 1.807) is 41.7 Å². The molecule has 4 heterocycles. The van der Waals surface area contributed by atoms with Gasteiger partial charge in [-0.25, -0.2) is 19.3 Å². The van der Waals surface area contributed by atoms with Gasteiger partial charge in [0, 0.05) is 14.1 Å². The van der Waals surface area contributed by atoms with Crippen LogP contribution in [0.25, 0.3) is 5.52 Å². The molecule has 0 aromatic carbocycles. The highest BCUT2D eigenvalue weighted by Crippen LogP contribution is 2.49. The summed E-state index contributed by atoms with van der Waals surface area (Å²) in [5.41, 5.74) is -0.565. The normalized spacial score (nSPS) is 28.6. The first-order chi connectivity index (χ1) is 15.2. The fourth-order valence-electron chi connectivity index (χ4n) is 3.91. The smallest absolute Gasteiger partial charge is 0.438 e. The molecule has 4 atom stereocenters. The van der Waals surface area contributed by atoms with Crippen LogP contribution in [-0.2, 0) is 29.3 Å².